The standard InChI is InChI=1S/C22H28N2O2/c1-4-24(5-2)17-20-11-7-6-10-19(20)16-23-22(25)14-13-18-9-8-12-21(15-18)26-3/h6-15H,4-5,16-17H2,1-3H3,(H,23,25)/b14-13+. The highest BCUT2D eigenvalue weighted by Gasteiger charge is 2.06. The summed E-state index contributed by atoms with van der Waals surface area (Å²) in [7, 11) is 1.63. The van der Waals surface area contributed by atoms with Crippen LogP contribution in [0.25, 0.3) is 6.08 Å². The summed E-state index contributed by atoms with van der Waals surface area (Å²) >= 11 is 0. The van der Waals surface area contributed by atoms with Crippen LogP contribution in [0, 0.1) is 0 Å². The summed E-state index contributed by atoms with van der Waals surface area (Å²) in [6.45, 7) is 7.78. The Balaban J connectivity index is 1.95. The van der Waals surface area contributed by atoms with Crippen molar-refractivity contribution in [3.63, 3.8) is 0 Å². The van der Waals surface area contributed by atoms with Gasteiger partial charge in [-0.1, -0.05) is 50.2 Å². The van der Waals surface area contributed by atoms with Gasteiger partial charge < -0.3 is 10.1 Å². The van der Waals surface area contributed by atoms with Crippen LogP contribution in [0.2, 0.25) is 0 Å². The molecule has 0 unspecified atom stereocenters. The number of hydrogen-bond donors (Lipinski definition) is 1. The van der Waals surface area contributed by atoms with Crippen molar-refractivity contribution >= 4 is 12.0 Å². The van der Waals surface area contributed by atoms with Crippen LogP contribution in [0.1, 0.15) is 30.5 Å². The first kappa shape index (κ1) is 19.7. The molecule has 138 valence electrons. The lowest BCUT2D eigenvalue weighted by atomic mass is 10.1. The summed E-state index contributed by atoms with van der Waals surface area (Å²) in [6, 6.07) is 15.9. The van der Waals surface area contributed by atoms with Crippen molar-refractivity contribution in [3.05, 3.63) is 71.3 Å². The van der Waals surface area contributed by atoms with E-state index in [1.54, 1.807) is 19.3 Å². The van der Waals surface area contributed by atoms with Crippen LogP contribution in [0.5, 0.6) is 5.75 Å². The van der Waals surface area contributed by atoms with Gasteiger partial charge >= 0.3 is 0 Å². The molecule has 26 heavy (non-hydrogen) atoms. The number of methoxy groups -OCH3 is 1. The Morgan fingerprint density at radius 3 is 2.50 bits per heavy atom. The molecule has 4 heteroatoms. The number of hydrogen-bond acceptors (Lipinski definition) is 3. The Morgan fingerprint density at radius 1 is 1.08 bits per heavy atom. The number of amides is 1. The van der Waals surface area contributed by atoms with Gasteiger partial charge in [-0.05, 0) is 48.0 Å². The van der Waals surface area contributed by atoms with Crippen molar-refractivity contribution in [3.8, 4) is 5.75 Å². The zero-order valence-corrected chi connectivity index (χ0v) is 15.9. The highest BCUT2D eigenvalue weighted by Crippen LogP contribution is 2.14. The van der Waals surface area contributed by atoms with Gasteiger partial charge in [-0.2, -0.15) is 0 Å². The average Bonchev–Trinajstić information content (AvgIpc) is 2.69. The van der Waals surface area contributed by atoms with E-state index in [1.165, 1.54) is 5.56 Å². The zero-order chi connectivity index (χ0) is 18.8. The van der Waals surface area contributed by atoms with Gasteiger partial charge in [0.25, 0.3) is 0 Å². The molecule has 1 amide bonds. The van der Waals surface area contributed by atoms with Gasteiger partial charge in [0.2, 0.25) is 5.91 Å². The Labute approximate surface area is 156 Å². The second-order valence-corrected chi connectivity index (χ2v) is 6.06. The lowest BCUT2D eigenvalue weighted by Gasteiger charge is -2.20. The number of ether oxygens (including phenoxy) is 1. The minimum atomic E-state index is -0.106. The molecule has 0 aliphatic heterocycles. The lowest BCUT2D eigenvalue weighted by Crippen LogP contribution is -2.25. The Kier molecular flexibility index (Phi) is 7.90. The van der Waals surface area contributed by atoms with Crippen molar-refractivity contribution < 1.29 is 9.53 Å². The summed E-state index contributed by atoms with van der Waals surface area (Å²) < 4.78 is 5.19. The number of nitrogens with one attached hydrogen (secondary N) is 1. The summed E-state index contributed by atoms with van der Waals surface area (Å²) in [6.07, 6.45) is 3.35. The van der Waals surface area contributed by atoms with Crippen molar-refractivity contribution in [1.82, 2.24) is 10.2 Å². The summed E-state index contributed by atoms with van der Waals surface area (Å²) in [5, 5.41) is 2.97. The number of benzene rings is 2. The van der Waals surface area contributed by atoms with Crippen molar-refractivity contribution in [2.24, 2.45) is 0 Å². The van der Waals surface area contributed by atoms with E-state index >= 15 is 0 Å². The Morgan fingerprint density at radius 2 is 1.81 bits per heavy atom. The fourth-order valence-electron chi connectivity index (χ4n) is 2.73. The van der Waals surface area contributed by atoms with Crippen LogP contribution >= 0.6 is 0 Å². The van der Waals surface area contributed by atoms with Crippen LogP contribution in [0.4, 0.5) is 0 Å². The van der Waals surface area contributed by atoms with Crippen molar-refractivity contribution in [1.29, 1.82) is 0 Å². The second kappa shape index (κ2) is 10.4. The monoisotopic (exact) mass is 352 g/mol. The predicted octanol–water partition coefficient (Wildman–Crippen LogP) is 3.87. The molecule has 0 atom stereocenters. The van der Waals surface area contributed by atoms with E-state index < -0.39 is 0 Å². The number of rotatable bonds is 9. The van der Waals surface area contributed by atoms with E-state index in [1.807, 2.05) is 36.4 Å². The minimum Gasteiger partial charge on any atom is -0.497 e. The van der Waals surface area contributed by atoms with Gasteiger partial charge in [-0.3, -0.25) is 9.69 Å². The zero-order valence-electron chi connectivity index (χ0n) is 15.9. The van der Waals surface area contributed by atoms with E-state index in [-0.39, 0.29) is 5.91 Å². The number of carbonyl (C=O) groups is 1. The molecule has 0 aromatic heterocycles. The third-order valence-corrected chi connectivity index (χ3v) is 4.38. The molecule has 1 N–H and O–H groups in total. The third-order valence-electron chi connectivity index (χ3n) is 4.38. The molecule has 0 saturated carbocycles. The molecule has 0 radical (unpaired) electrons. The quantitative estimate of drug-likeness (QED) is 0.697. The summed E-state index contributed by atoms with van der Waals surface area (Å²) in [4.78, 5) is 14.5. The van der Waals surface area contributed by atoms with Gasteiger partial charge in [0.15, 0.2) is 0 Å². The molecule has 0 fully saturated rings. The van der Waals surface area contributed by atoms with E-state index in [2.05, 4.69) is 36.2 Å². The molecule has 2 rings (SSSR count). The van der Waals surface area contributed by atoms with Crippen LogP contribution in [-0.2, 0) is 17.9 Å². The maximum Gasteiger partial charge on any atom is 0.244 e. The molecule has 0 aliphatic rings. The minimum absolute atomic E-state index is 0.106. The van der Waals surface area contributed by atoms with Crippen LogP contribution in [-0.4, -0.2) is 31.0 Å². The highest BCUT2D eigenvalue weighted by molar-refractivity contribution is 5.91. The maximum absolute atomic E-state index is 12.2. The van der Waals surface area contributed by atoms with Crippen LogP contribution < -0.4 is 10.1 Å². The van der Waals surface area contributed by atoms with Crippen LogP contribution in [0.3, 0.4) is 0 Å². The number of carbonyl (C=O) groups excluding carboxylic acids is 1. The number of nitrogens with zero attached hydrogens (tertiary/aromatic N) is 1. The fraction of sp³-hybridized carbons (Fsp3) is 0.318. The molecule has 0 spiro atoms. The second-order valence-electron chi connectivity index (χ2n) is 6.06. The van der Waals surface area contributed by atoms with E-state index in [0.717, 1.165) is 36.5 Å². The third kappa shape index (κ3) is 6.05. The van der Waals surface area contributed by atoms with Gasteiger partial charge in [-0.15, -0.1) is 0 Å². The Bertz CT molecular complexity index is 736. The van der Waals surface area contributed by atoms with E-state index in [4.69, 9.17) is 4.74 Å². The highest BCUT2D eigenvalue weighted by atomic mass is 16.5. The molecule has 0 bridgehead atoms. The molecule has 4 nitrogen and oxygen atoms in total. The smallest absolute Gasteiger partial charge is 0.244 e. The first-order chi connectivity index (χ1) is 12.7. The lowest BCUT2D eigenvalue weighted by molar-refractivity contribution is -0.116. The maximum atomic E-state index is 12.2. The SMILES string of the molecule is CCN(CC)Cc1ccccc1CNC(=O)/C=C/c1cccc(OC)c1. The molecule has 0 aliphatic carbocycles. The molecule has 0 saturated heterocycles. The molecule has 2 aromatic rings. The molecular weight excluding hydrogens is 324 g/mol. The topological polar surface area (TPSA) is 41.6 Å². The first-order valence-electron chi connectivity index (χ1n) is 9.05. The predicted molar refractivity (Wildman–Crippen MR) is 107 cm³/mol. The van der Waals surface area contributed by atoms with E-state index in [0.29, 0.717) is 6.54 Å². The Hall–Kier alpha value is -2.59. The fourth-order valence-corrected chi connectivity index (χ4v) is 2.73. The largest absolute Gasteiger partial charge is 0.497 e. The van der Waals surface area contributed by atoms with E-state index in [9.17, 15) is 4.79 Å². The molecule has 2 aromatic carbocycles. The normalized spacial score (nSPS) is 11.1. The first-order valence-corrected chi connectivity index (χ1v) is 9.05. The van der Waals surface area contributed by atoms with Gasteiger partial charge in [-0.25, -0.2) is 0 Å². The average molecular weight is 352 g/mol. The molecular formula is C22H28N2O2. The summed E-state index contributed by atoms with van der Waals surface area (Å²) in [5.74, 6) is 0.670. The van der Waals surface area contributed by atoms with Gasteiger partial charge in [0.05, 0.1) is 7.11 Å². The summed E-state index contributed by atoms with van der Waals surface area (Å²) in [5.41, 5.74) is 3.34. The van der Waals surface area contributed by atoms with Gasteiger partial charge in [0.1, 0.15) is 5.75 Å². The van der Waals surface area contributed by atoms with Gasteiger partial charge in [0, 0.05) is 19.2 Å². The van der Waals surface area contributed by atoms with Crippen LogP contribution in [0.15, 0.2) is 54.6 Å². The molecule has 0 heterocycles. The van der Waals surface area contributed by atoms with Crippen molar-refractivity contribution in [2.45, 2.75) is 26.9 Å². The van der Waals surface area contributed by atoms with Crippen molar-refractivity contribution in [2.75, 3.05) is 20.2 Å².